The van der Waals surface area contributed by atoms with Crippen molar-refractivity contribution in [3.63, 3.8) is 0 Å². The molecule has 1 atom stereocenters. The fourth-order valence-electron chi connectivity index (χ4n) is 3.19. The minimum absolute atomic E-state index is 0.329. The van der Waals surface area contributed by atoms with Gasteiger partial charge in [0.25, 0.3) is 5.91 Å². The van der Waals surface area contributed by atoms with E-state index in [1.165, 1.54) is 0 Å². The van der Waals surface area contributed by atoms with Gasteiger partial charge in [-0.25, -0.2) is 5.43 Å². The summed E-state index contributed by atoms with van der Waals surface area (Å²) >= 11 is 0. The molecular formula is C25H20N2O2. The summed E-state index contributed by atoms with van der Waals surface area (Å²) in [5, 5.41) is 17.2. The van der Waals surface area contributed by atoms with Crippen molar-refractivity contribution in [2.24, 2.45) is 5.10 Å². The Labute approximate surface area is 169 Å². The number of nitrogens with zero attached hydrogens (tertiary/aromatic N) is 1. The number of carbonyl (C=O) groups is 1. The van der Waals surface area contributed by atoms with E-state index in [0.29, 0.717) is 16.8 Å². The van der Waals surface area contributed by atoms with Crippen molar-refractivity contribution in [2.75, 3.05) is 0 Å². The number of carbonyl (C=O) groups excluding carboxylic acids is 1. The molecule has 4 aromatic carbocycles. The number of hydrogen-bond donors (Lipinski definition) is 2. The van der Waals surface area contributed by atoms with Crippen LogP contribution in [0, 0.1) is 0 Å². The first-order chi connectivity index (χ1) is 14.2. The summed E-state index contributed by atoms with van der Waals surface area (Å²) in [6, 6.07) is 32.0. The van der Waals surface area contributed by atoms with Crippen LogP contribution in [0.15, 0.2) is 108 Å². The molecular weight excluding hydrogens is 360 g/mol. The molecule has 4 nitrogen and oxygen atoms in total. The third-order valence-electron chi connectivity index (χ3n) is 4.73. The second-order valence-electron chi connectivity index (χ2n) is 6.68. The van der Waals surface area contributed by atoms with Crippen LogP contribution in [-0.4, -0.2) is 16.7 Å². The highest BCUT2D eigenvalue weighted by Crippen LogP contribution is 2.19. The van der Waals surface area contributed by atoms with E-state index in [9.17, 15) is 9.90 Å². The SMILES string of the molecule is O=C(N/N=C(/c1ccccc1)C(O)c1ccccc1)c1ccc2ccccc2c1. The topological polar surface area (TPSA) is 61.7 Å². The summed E-state index contributed by atoms with van der Waals surface area (Å²) < 4.78 is 0. The van der Waals surface area contributed by atoms with E-state index in [2.05, 4.69) is 10.5 Å². The van der Waals surface area contributed by atoms with E-state index >= 15 is 0 Å². The Morgan fingerprint density at radius 1 is 0.724 bits per heavy atom. The molecule has 0 fully saturated rings. The third-order valence-corrected chi connectivity index (χ3v) is 4.73. The van der Waals surface area contributed by atoms with Crippen LogP contribution < -0.4 is 5.43 Å². The van der Waals surface area contributed by atoms with Gasteiger partial charge < -0.3 is 5.11 Å². The molecule has 0 spiro atoms. The van der Waals surface area contributed by atoms with Gasteiger partial charge >= 0.3 is 0 Å². The molecule has 29 heavy (non-hydrogen) atoms. The zero-order chi connectivity index (χ0) is 20.1. The van der Waals surface area contributed by atoms with Crippen molar-refractivity contribution in [3.8, 4) is 0 Å². The lowest BCUT2D eigenvalue weighted by molar-refractivity contribution is 0.0954. The lowest BCUT2D eigenvalue weighted by atomic mass is 9.99. The molecule has 2 N–H and O–H groups in total. The fraction of sp³-hybridized carbons (Fsp3) is 0.0400. The average molecular weight is 380 g/mol. The summed E-state index contributed by atoms with van der Waals surface area (Å²) in [6.07, 6.45) is -0.962. The van der Waals surface area contributed by atoms with Gasteiger partial charge in [0, 0.05) is 11.1 Å². The van der Waals surface area contributed by atoms with E-state index in [0.717, 1.165) is 16.3 Å². The number of aliphatic hydroxyl groups is 1. The highest BCUT2D eigenvalue weighted by molar-refractivity contribution is 6.05. The number of benzene rings is 4. The summed E-state index contributed by atoms with van der Waals surface area (Å²) in [7, 11) is 0. The molecule has 0 aliphatic carbocycles. The predicted molar refractivity (Wildman–Crippen MR) is 116 cm³/mol. The summed E-state index contributed by atoms with van der Waals surface area (Å²) in [5.74, 6) is -0.329. The molecule has 0 aliphatic rings. The average Bonchev–Trinajstić information content (AvgIpc) is 2.80. The van der Waals surface area contributed by atoms with Crippen LogP contribution in [0.1, 0.15) is 27.6 Å². The second-order valence-corrected chi connectivity index (χ2v) is 6.68. The second kappa shape index (κ2) is 8.50. The Hall–Kier alpha value is -3.76. The van der Waals surface area contributed by atoms with Gasteiger partial charge in [-0.2, -0.15) is 5.10 Å². The number of hydrogen-bond acceptors (Lipinski definition) is 3. The molecule has 4 heteroatoms. The van der Waals surface area contributed by atoms with Crippen LogP contribution in [0.2, 0.25) is 0 Å². The number of aliphatic hydroxyl groups excluding tert-OH is 1. The number of hydrazone groups is 1. The normalized spacial score (nSPS) is 12.5. The molecule has 4 rings (SSSR count). The maximum atomic E-state index is 12.7. The van der Waals surface area contributed by atoms with Crippen molar-refractivity contribution in [3.05, 3.63) is 120 Å². The minimum atomic E-state index is -0.962. The van der Waals surface area contributed by atoms with E-state index in [-0.39, 0.29) is 5.91 Å². The van der Waals surface area contributed by atoms with Crippen molar-refractivity contribution in [1.29, 1.82) is 0 Å². The smallest absolute Gasteiger partial charge is 0.271 e. The van der Waals surface area contributed by atoms with Crippen LogP contribution in [0.4, 0.5) is 0 Å². The fourth-order valence-corrected chi connectivity index (χ4v) is 3.19. The first-order valence-electron chi connectivity index (χ1n) is 9.37. The molecule has 0 saturated carbocycles. The standard InChI is InChI=1S/C25H20N2O2/c28-24(20-12-5-2-6-13-20)23(19-10-3-1-4-11-19)26-27-25(29)22-16-15-18-9-7-8-14-21(18)17-22/h1-17,24,28H,(H,27,29)/b26-23-. The quantitative estimate of drug-likeness (QED) is 0.389. The van der Waals surface area contributed by atoms with Crippen molar-refractivity contribution in [1.82, 2.24) is 5.43 Å². The molecule has 0 bridgehead atoms. The lowest BCUT2D eigenvalue weighted by Crippen LogP contribution is -2.23. The maximum absolute atomic E-state index is 12.7. The molecule has 142 valence electrons. The van der Waals surface area contributed by atoms with Crippen LogP contribution >= 0.6 is 0 Å². The number of nitrogens with one attached hydrogen (secondary N) is 1. The molecule has 0 aliphatic heterocycles. The molecule has 0 aromatic heterocycles. The highest BCUT2D eigenvalue weighted by Gasteiger charge is 2.18. The van der Waals surface area contributed by atoms with Crippen LogP contribution in [0.3, 0.4) is 0 Å². The molecule has 4 aromatic rings. The Morgan fingerprint density at radius 2 is 1.34 bits per heavy atom. The van der Waals surface area contributed by atoms with E-state index < -0.39 is 6.10 Å². The predicted octanol–water partition coefficient (Wildman–Crippen LogP) is 4.71. The minimum Gasteiger partial charge on any atom is -0.382 e. The largest absolute Gasteiger partial charge is 0.382 e. The Balaban J connectivity index is 1.64. The highest BCUT2D eigenvalue weighted by atomic mass is 16.3. The van der Waals surface area contributed by atoms with Gasteiger partial charge in [-0.3, -0.25) is 4.79 Å². The van der Waals surface area contributed by atoms with Gasteiger partial charge in [-0.05, 0) is 28.5 Å². The maximum Gasteiger partial charge on any atom is 0.271 e. The molecule has 1 amide bonds. The number of rotatable bonds is 5. The first-order valence-corrected chi connectivity index (χ1v) is 9.37. The summed E-state index contributed by atoms with van der Waals surface area (Å²) in [5.41, 5.74) is 4.93. The Kier molecular flexibility index (Phi) is 5.45. The molecule has 0 heterocycles. The van der Waals surface area contributed by atoms with Crippen LogP contribution in [-0.2, 0) is 0 Å². The van der Waals surface area contributed by atoms with Gasteiger partial charge in [0.2, 0.25) is 0 Å². The lowest BCUT2D eigenvalue weighted by Gasteiger charge is -2.15. The molecule has 1 unspecified atom stereocenters. The van der Waals surface area contributed by atoms with Crippen molar-refractivity contribution >= 4 is 22.4 Å². The molecule has 0 radical (unpaired) electrons. The molecule has 0 saturated heterocycles. The Morgan fingerprint density at radius 3 is 2.07 bits per heavy atom. The van der Waals surface area contributed by atoms with E-state index in [1.807, 2.05) is 97.1 Å². The van der Waals surface area contributed by atoms with E-state index in [1.54, 1.807) is 6.07 Å². The first kappa shape index (κ1) is 18.6. The van der Waals surface area contributed by atoms with Gasteiger partial charge in [-0.15, -0.1) is 0 Å². The summed E-state index contributed by atoms with van der Waals surface area (Å²) in [6.45, 7) is 0. The monoisotopic (exact) mass is 380 g/mol. The number of fused-ring (bicyclic) bond motifs is 1. The zero-order valence-corrected chi connectivity index (χ0v) is 15.7. The number of amides is 1. The van der Waals surface area contributed by atoms with Crippen molar-refractivity contribution < 1.29 is 9.90 Å². The zero-order valence-electron chi connectivity index (χ0n) is 15.7. The third kappa shape index (κ3) is 4.23. The van der Waals surface area contributed by atoms with Crippen molar-refractivity contribution in [2.45, 2.75) is 6.10 Å². The van der Waals surface area contributed by atoms with E-state index in [4.69, 9.17) is 0 Å². The van der Waals surface area contributed by atoms with Gasteiger partial charge in [-0.1, -0.05) is 91.0 Å². The van der Waals surface area contributed by atoms with Crippen LogP contribution in [0.25, 0.3) is 10.8 Å². The summed E-state index contributed by atoms with van der Waals surface area (Å²) in [4.78, 5) is 12.7. The van der Waals surface area contributed by atoms with Crippen LogP contribution in [0.5, 0.6) is 0 Å². The Bertz CT molecular complexity index is 1160. The van der Waals surface area contributed by atoms with Gasteiger partial charge in [0.15, 0.2) is 0 Å². The van der Waals surface area contributed by atoms with Gasteiger partial charge in [0.1, 0.15) is 11.8 Å². The van der Waals surface area contributed by atoms with Gasteiger partial charge in [0.05, 0.1) is 0 Å².